The molecule has 0 unspecified atom stereocenters. The van der Waals surface area contributed by atoms with Crippen molar-refractivity contribution < 1.29 is 13.2 Å². The highest BCUT2D eigenvalue weighted by Gasteiger charge is 2.30. The summed E-state index contributed by atoms with van der Waals surface area (Å²) in [6, 6.07) is 5.87. The molecule has 0 bridgehead atoms. The monoisotopic (exact) mass is 214 g/mol. The van der Waals surface area contributed by atoms with Crippen LogP contribution in [0.5, 0.6) is 0 Å². The minimum Gasteiger partial charge on any atom is -0.323 e. The lowest BCUT2D eigenvalue weighted by Crippen LogP contribution is -2.11. The van der Waals surface area contributed by atoms with Gasteiger partial charge in [-0.3, -0.25) is 0 Å². The van der Waals surface area contributed by atoms with Crippen LogP contribution in [-0.2, 0) is 6.18 Å². The van der Waals surface area contributed by atoms with E-state index in [-0.39, 0.29) is 6.42 Å². The van der Waals surface area contributed by atoms with Gasteiger partial charge in [0.15, 0.2) is 0 Å². The summed E-state index contributed by atoms with van der Waals surface area (Å²) in [6.07, 6.45) is -4.37. The average molecular weight is 214 g/mol. The van der Waals surface area contributed by atoms with Crippen LogP contribution >= 0.6 is 0 Å². The quantitative estimate of drug-likeness (QED) is 0.822. The van der Waals surface area contributed by atoms with Gasteiger partial charge in [-0.05, 0) is 17.7 Å². The molecule has 0 aromatic heterocycles. The van der Waals surface area contributed by atoms with E-state index in [1.807, 2.05) is 6.07 Å². The normalized spacial score (nSPS) is 13.3. The summed E-state index contributed by atoms with van der Waals surface area (Å²) >= 11 is 0. The van der Waals surface area contributed by atoms with Crippen LogP contribution in [0.15, 0.2) is 24.3 Å². The maximum absolute atomic E-state index is 12.3. The fraction of sp³-hybridized carbons (Fsp3) is 0.300. The second-order valence-electron chi connectivity index (χ2n) is 3.09. The van der Waals surface area contributed by atoms with E-state index in [4.69, 9.17) is 11.0 Å². The lowest BCUT2D eigenvalue weighted by Gasteiger charge is -2.11. The number of halogens is 3. The van der Waals surface area contributed by atoms with Gasteiger partial charge in [-0.1, -0.05) is 12.1 Å². The summed E-state index contributed by atoms with van der Waals surface area (Å²) in [6.45, 7) is 0. The molecule has 1 rings (SSSR count). The third-order valence-electron chi connectivity index (χ3n) is 1.95. The summed E-state index contributed by atoms with van der Waals surface area (Å²) < 4.78 is 36.9. The minimum atomic E-state index is -4.37. The van der Waals surface area contributed by atoms with Gasteiger partial charge in [0.05, 0.1) is 18.1 Å². The largest absolute Gasteiger partial charge is 0.416 e. The molecule has 80 valence electrons. The Bertz CT molecular complexity index is 379. The number of hydrogen-bond donors (Lipinski definition) is 1. The Kier molecular flexibility index (Phi) is 3.32. The molecule has 0 amide bonds. The molecule has 1 atom stereocenters. The summed E-state index contributed by atoms with van der Waals surface area (Å²) in [5, 5.41) is 8.37. The van der Waals surface area contributed by atoms with E-state index in [2.05, 4.69) is 0 Å². The molecule has 0 aliphatic carbocycles. The molecule has 2 nitrogen and oxygen atoms in total. The number of nitrogens with zero attached hydrogens (tertiary/aromatic N) is 1. The van der Waals surface area contributed by atoms with Crippen LogP contribution in [-0.4, -0.2) is 0 Å². The van der Waals surface area contributed by atoms with Crippen LogP contribution in [0.3, 0.4) is 0 Å². The van der Waals surface area contributed by atoms with E-state index in [0.717, 1.165) is 12.1 Å². The van der Waals surface area contributed by atoms with E-state index in [0.29, 0.717) is 5.56 Å². The highest BCUT2D eigenvalue weighted by Crippen LogP contribution is 2.30. The molecule has 0 radical (unpaired) electrons. The van der Waals surface area contributed by atoms with Crippen molar-refractivity contribution in [3.8, 4) is 6.07 Å². The van der Waals surface area contributed by atoms with Crippen molar-refractivity contribution in [3.63, 3.8) is 0 Å². The second kappa shape index (κ2) is 4.32. The Morgan fingerprint density at radius 3 is 2.60 bits per heavy atom. The first-order valence-corrected chi connectivity index (χ1v) is 4.25. The Morgan fingerprint density at radius 2 is 2.07 bits per heavy atom. The molecule has 0 fully saturated rings. The molecule has 0 saturated carbocycles. The van der Waals surface area contributed by atoms with Gasteiger partial charge in [0.25, 0.3) is 0 Å². The zero-order valence-electron chi connectivity index (χ0n) is 7.75. The molecule has 0 aliphatic heterocycles. The maximum atomic E-state index is 12.3. The van der Waals surface area contributed by atoms with Gasteiger partial charge < -0.3 is 5.73 Å². The van der Waals surface area contributed by atoms with E-state index >= 15 is 0 Å². The first-order valence-electron chi connectivity index (χ1n) is 4.25. The number of hydrogen-bond acceptors (Lipinski definition) is 2. The topological polar surface area (TPSA) is 49.8 Å². The average Bonchev–Trinajstić information content (AvgIpc) is 2.17. The Morgan fingerprint density at radius 1 is 1.40 bits per heavy atom. The van der Waals surface area contributed by atoms with Crippen molar-refractivity contribution in [1.82, 2.24) is 0 Å². The van der Waals surface area contributed by atoms with Crippen molar-refractivity contribution in [2.75, 3.05) is 0 Å². The number of rotatable bonds is 2. The molecular formula is C10H9F3N2. The fourth-order valence-electron chi connectivity index (χ4n) is 1.16. The third kappa shape index (κ3) is 2.96. The van der Waals surface area contributed by atoms with Gasteiger partial charge in [-0.25, -0.2) is 0 Å². The summed E-state index contributed by atoms with van der Waals surface area (Å²) in [4.78, 5) is 0. The van der Waals surface area contributed by atoms with Crippen LogP contribution in [0.2, 0.25) is 0 Å². The predicted octanol–water partition coefficient (Wildman–Crippen LogP) is 2.62. The molecular weight excluding hydrogens is 205 g/mol. The fourth-order valence-corrected chi connectivity index (χ4v) is 1.16. The predicted molar refractivity (Wildman–Crippen MR) is 48.6 cm³/mol. The van der Waals surface area contributed by atoms with Crippen molar-refractivity contribution in [2.24, 2.45) is 5.73 Å². The lowest BCUT2D eigenvalue weighted by atomic mass is 10.0. The SMILES string of the molecule is N#CC[C@@H](N)c1cccc(C(F)(F)F)c1. The molecule has 1 aromatic carbocycles. The van der Waals surface area contributed by atoms with Crippen molar-refractivity contribution in [2.45, 2.75) is 18.6 Å². The second-order valence-corrected chi connectivity index (χ2v) is 3.09. The van der Waals surface area contributed by atoms with Gasteiger partial charge in [0.2, 0.25) is 0 Å². The molecule has 2 N–H and O–H groups in total. The molecule has 0 spiro atoms. The van der Waals surface area contributed by atoms with Gasteiger partial charge in [0, 0.05) is 6.04 Å². The minimum absolute atomic E-state index is 0.00130. The van der Waals surface area contributed by atoms with Gasteiger partial charge in [-0.15, -0.1) is 0 Å². The molecule has 0 heterocycles. The van der Waals surface area contributed by atoms with E-state index < -0.39 is 17.8 Å². The highest BCUT2D eigenvalue weighted by molar-refractivity contribution is 5.28. The lowest BCUT2D eigenvalue weighted by molar-refractivity contribution is -0.137. The first-order chi connectivity index (χ1) is 6.95. The van der Waals surface area contributed by atoms with Crippen LogP contribution in [0.4, 0.5) is 13.2 Å². The van der Waals surface area contributed by atoms with E-state index in [1.165, 1.54) is 12.1 Å². The maximum Gasteiger partial charge on any atom is 0.416 e. The smallest absolute Gasteiger partial charge is 0.323 e. The van der Waals surface area contributed by atoms with E-state index in [1.54, 1.807) is 0 Å². The number of benzene rings is 1. The standard InChI is InChI=1S/C10H9F3N2/c11-10(12,13)8-3-1-2-7(6-8)9(15)4-5-14/h1-3,6,9H,4,15H2/t9-/m1/s1. The number of nitrogens with two attached hydrogens (primary N) is 1. The van der Waals surface area contributed by atoms with Gasteiger partial charge >= 0.3 is 6.18 Å². The number of nitriles is 1. The Labute approximate surface area is 85.1 Å². The molecule has 0 saturated heterocycles. The highest BCUT2D eigenvalue weighted by atomic mass is 19.4. The van der Waals surface area contributed by atoms with Crippen LogP contribution in [0.1, 0.15) is 23.6 Å². The van der Waals surface area contributed by atoms with Crippen LogP contribution in [0, 0.1) is 11.3 Å². The first kappa shape index (κ1) is 11.5. The zero-order chi connectivity index (χ0) is 11.5. The molecule has 0 aliphatic rings. The van der Waals surface area contributed by atoms with Crippen molar-refractivity contribution in [3.05, 3.63) is 35.4 Å². The Balaban J connectivity index is 2.99. The molecule has 5 heteroatoms. The van der Waals surface area contributed by atoms with E-state index in [9.17, 15) is 13.2 Å². The third-order valence-corrected chi connectivity index (χ3v) is 1.95. The van der Waals surface area contributed by atoms with Crippen molar-refractivity contribution >= 4 is 0 Å². The molecule has 15 heavy (non-hydrogen) atoms. The van der Waals surface area contributed by atoms with Gasteiger partial charge in [0.1, 0.15) is 0 Å². The van der Waals surface area contributed by atoms with Crippen LogP contribution < -0.4 is 5.73 Å². The number of alkyl halides is 3. The molecule has 1 aromatic rings. The van der Waals surface area contributed by atoms with Gasteiger partial charge in [-0.2, -0.15) is 18.4 Å². The summed E-state index contributed by atoms with van der Waals surface area (Å²) in [5.41, 5.74) is 5.11. The summed E-state index contributed by atoms with van der Waals surface area (Å²) in [5.74, 6) is 0. The summed E-state index contributed by atoms with van der Waals surface area (Å²) in [7, 11) is 0. The zero-order valence-corrected chi connectivity index (χ0v) is 7.75. The van der Waals surface area contributed by atoms with Crippen molar-refractivity contribution in [1.29, 1.82) is 5.26 Å². The Hall–Kier alpha value is -1.54. The van der Waals surface area contributed by atoms with Crippen LogP contribution in [0.25, 0.3) is 0 Å².